The van der Waals surface area contributed by atoms with Gasteiger partial charge in [0.2, 0.25) is 0 Å². The Hall–Kier alpha value is -1.59. The Morgan fingerprint density at radius 2 is 2.05 bits per heavy atom. The lowest BCUT2D eigenvalue weighted by atomic mass is 10.0. The Bertz CT molecular complexity index is 459. The summed E-state index contributed by atoms with van der Waals surface area (Å²) in [6.45, 7) is 1.88. The van der Waals surface area contributed by atoms with E-state index in [1.54, 1.807) is 7.11 Å². The van der Waals surface area contributed by atoms with Crippen molar-refractivity contribution in [1.82, 2.24) is 4.90 Å². The van der Waals surface area contributed by atoms with Gasteiger partial charge in [0, 0.05) is 13.5 Å². The summed E-state index contributed by atoms with van der Waals surface area (Å²) >= 11 is 0. The van der Waals surface area contributed by atoms with Crippen molar-refractivity contribution in [3.05, 3.63) is 29.8 Å². The quantitative estimate of drug-likeness (QED) is 0.828. The van der Waals surface area contributed by atoms with E-state index in [4.69, 9.17) is 9.47 Å². The third-order valence-corrected chi connectivity index (χ3v) is 3.71. The third-order valence-electron chi connectivity index (χ3n) is 3.71. The number of methoxy groups -OCH3 is 1. The van der Waals surface area contributed by atoms with E-state index < -0.39 is 12.2 Å². The first-order valence-electron chi connectivity index (χ1n) is 6.69. The number of rotatable bonds is 4. The molecule has 1 aliphatic rings. The van der Waals surface area contributed by atoms with Crippen LogP contribution in [-0.4, -0.2) is 54.9 Å². The summed E-state index contributed by atoms with van der Waals surface area (Å²) in [7, 11) is 3.56. The van der Waals surface area contributed by atoms with Gasteiger partial charge in [0.1, 0.15) is 18.0 Å². The first kappa shape index (κ1) is 14.8. The number of aliphatic hydroxyl groups is 1. The highest BCUT2D eigenvalue weighted by Gasteiger charge is 2.41. The van der Waals surface area contributed by atoms with E-state index in [1.165, 1.54) is 6.92 Å². The van der Waals surface area contributed by atoms with Gasteiger partial charge in [-0.05, 0) is 31.2 Å². The van der Waals surface area contributed by atoms with E-state index in [-0.39, 0.29) is 12.0 Å². The summed E-state index contributed by atoms with van der Waals surface area (Å²) in [6.07, 6.45) is -0.387. The average Bonchev–Trinajstić information content (AvgIpc) is 2.66. The minimum absolute atomic E-state index is 0.0118. The number of nitrogens with zero attached hydrogens (tertiary/aromatic N) is 1. The van der Waals surface area contributed by atoms with Gasteiger partial charge in [-0.15, -0.1) is 0 Å². The van der Waals surface area contributed by atoms with Crippen molar-refractivity contribution in [3.8, 4) is 5.75 Å². The molecule has 0 radical (unpaired) electrons. The molecule has 20 heavy (non-hydrogen) atoms. The summed E-state index contributed by atoms with van der Waals surface area (Å²) in [4.78, 5) is 13.2. The van der Waals surface area contributed by atoms with Gasteiger partial charge < -0.3 is 14.6 Å². The minimum Gasteiger partial charge on any atom is -0.497 e. The maximum atomic E-state index is 11.2. The number of carbonyl (C=O) groups is 1. The summed E-state index contributed by atoms with van der Waals surface area (Å²) < 4.78 is 10.4. The molecule has 5 heteroatoms. The minimum atomic E-state index is -0.632. The fourth-order valence-electron chi connectivity index (χ4n) is 2.67. The molecule has 0 spiro atoms. The lowest BCUT2D eigenvalue weighted by Crippen LogP contribution is -2.39. The molecule has 5 nitrogen and oxygen atoms in total. The number of benzene rings is 1. The van der Waals surface area contributed by atoms with Crippen LogP contribution in [0.15, 0.2) is 24.3 Å². The second kappa shape index (κ2) is 6.24. The molecule has 1 saturated heterocycles. The zero-order valence-corrected chi connectivity index (χ0v) is 12.1. The molecule has 1 aliphatic heterocycles. The van der Waals surface area contributed by atoms with Crippen LogP contribution >= 0.6 is 0 Å². The first-order valence-corrected chi connectivity index (χ1v) is 6.69. The molecule has 0 aromatic heterocycles. The highest BCUT2D eigenvalue weighted by atomic mass is 16.6. The molecule has 1 aromatic carbocycles. The number of ether oxygens (including phenoxy) is 2. The summed E-state index contributed by atoms with van der Waals surface area (Å²) in [5.41, 5.74) is 1.12. The van der Waals surface area contributed by atoms with E-state index in [0.717, 1.165) is 17.7 Å². The first-order chi connectivity index (χ1) is 9.51. The number of hydrogen-bond donors (Lipinski definition) is 1. The zero-order chi connectivity index (χ0) is 14.7. The van der Waals surface area contributed by atoms with Crippen molar-refractivity contribution in [3.63, 3.8) is 0 Å². The number of aliphatic hydroxyl groups excluding tert-OH is 1. The van der Waals surface area contributed by atoms with Crippen LogP contribution in [0, 0.1) is 0 Å². The van der Waals surface area contributed by atoms with E-state index >= 15 is 0 Å². The number of carbonyl (C=O) groups excluding carboxylic acids is 1. The molecule has 0 bridgehead atoms. The topological polar surface area (TPSA) is 59.0 Å². The van der Waals surface area contributed by atoms with Crippen molar-refractivity contribution in [2.75, 3.05) is 20.7 Å². The van der Waals surface area contributed by atoms with Crippen molar-refractivity contribution in [2.24, 2.45) is 0 Å². The largest absolute Gasteiger partial charge is 0.497 e. The molecule has 1 aromatic rings. The number of esters is 1. The van der Waals surface area contributed by atoms with Crippen LogP contribution in [-0.2, 0) is 16.0 Å². The lowest BCUT2D eigenvalue weighted by molar-refractivity contribution is -0.151. The molecule has 1 heterocycles. The van der Waals surface area contributed by atoms with Crippen LogP contribution in [0.25, 0.3) is 0 Å². The molecule has 0 amide bonds. The molecule has 3 atom stereocenters. The predicted molar refractivity (Wildman–Crippen MR) is 74.7 cm³/mol. The number of β-amino-alcohol motifs (C(OH)–C–C–N with tert-alkyl or cyclic N) is 1. The molecule has 0 saturated carbocycles. The molecule has 1 fully saturated rings. The highest BCUT2D eigenvalue weighted by molar-refractivity contribution is 5.66. The molecule has 0 unspecified atom stereocenters. The number of hydrogen-bond acceptors (Lipinski definition) is 5. The maximum Gasteiger partial charge on any atom is 0.303 e. The molecule has 2 rings (SSSR count). The summed E-state index contributed by atoms with van der Waals surface area (Å²) in [5.74, 6) is 0.453. The van der Waals surface area contributed by atoms with Gasteiger partial charge in [0.05, 0.1) is 13.2 Å². The molecular weight excluding hydrogens is 258 g/mol. The van der Waals surface area contributed by atoms with Crippen molar-refractivity contribution in [2.45, 2.75) is 31.6 Å². The van der Waals surface area contributed by atoms with Gasteiger partial charge in [0.15, 0.2) is 0 Å². The Kier molecular flexibility index (Phi) is 4.62. The summed E-state index contributed by atoms with van der Waals surface area (Å²) in [5, 5.41) is 10.00. The Balaban J connectivity index is 2.09. The second-order valence-electron chi connectivity index (χ2n) is 5.20. The van der Waals surface area contributed by atoms with Gasteiger partial charge in [-0.25, -0.2) is 0 Å². The third kappa shape index (κ3) is 3.29. The normalized spacial score (nSPS) is 26.5. The van der Waals surface area contributed by atoms with Gasteiger partial charge in [0.25, 0.3) is 0 Å². The van der Waals surface area contributed by atoms with Crippen LogP contribution in [0.3, 0.4) is 0 Å². The standard InChI is InChI=1S/C15H21NO4/c1-10(17)20-15-13(16(2)9-14(15)18)8-11-4-6-12(19-3)7-5-11/h4-7,13-15,18H,8-9H2,1-3H3/t13-,14+,15+/m1/s1. The maximum absolute atomic E-state index is 11.2. The van der Waals surface area contributed by atoms with Gasteiger partial charge >= 0.3 is 5.97 Å². The van der Waals surface area contributed by atoms with Crippen LogP contribution < -0.4 is 4.74 Å². The molecular formula is C15H21NO4. The lowest BCUT2D eigenvalue weighted by Gasteiger charge is -2.25. The molecule has 110 valence electrons. The van der Waals surface area contributed by atoms with Gasteiger partial charge in [-0.1, -0.05) is 12.1 Å². The predicted octanol–water partition coefficient (Wildman–Crippen LogP) is 0.844. The van der Waals surface area contributed by atoms with E-state index in [9.17, 15) is 9.90 Å². The van der Waals surface area contributed by atoms with E-state index in [2.05, 4.69) is 0 Å². The van der Waals surface area contributed by atoms with Crippen molar-refractivity contribution in [1.29, 1.82) is 0 Å². The Morgan fingerprint density at radius 3 is 2.60 bits per heavy atom. The SMILES string of the molecule is COc1ccc(C[C@@H]2[C@H](OC(C)=O)[C@@H](O)CN2C)cc1. The van der Waals surface area contributed by atoms with E-state index in [0.29, 0.717) is 6.54 Å². The van der Waals surface area contributed by atoms with E-state index in [1.807, 2.05) is 36.2 Å². The molecule has 1 N–H and O–H groups in total. The fourth-order valence-corrected chi connectivity index (χ4v) is 2.67. The summed E-state index contributed by atoms with van der Waals surface area (Å²) in [6, 6.07) is 7.77. The monoisotopic (exact) mass is 279 g/mol. The zero-order valence-electron chi connectivity index (χ0n) is 12.1. The Morgan fingerprint density at radius 1 is 1.40 bits per heavy atom. The Labute approximate surface area is 119 Å². The fraction of sp³-hybridized carbons (Fsp3) is 0.533. The van der Waals surface area contributed by atoms with Crippen molar-refractivity contribution >= 4 is 5.97 Å². The smallest absolute Gasteiger partial charge is 0.303 e. The van der Waals surface area contributed by atoms with Gasteiger partial charge in [-0.3, -0.25) is 9.69 Å². The number of likely N-dealkylation sites (tertiary alicyclic amines) is 1. The van der Waals surface area contributed by atoms with Crippen LogP contribution in [0.1, 0.15) is 12.5 Å². The average molecular weight is 279 g/mol. The second-order valence-corrected chi connectivity index (χ2v) is 5.20. The van der Waals surface area contributed by atoms with Crippen LogP contribution in [0.5, 0.6) is 5.75 Å². The van der Waals surface area contributed by atoms with Crippen LogP contribution in [0.2, 0.25) is 0 Å². The van der Waals surface area contributed by atoms with Crippen LogP contribution in [0.4, 0.5) is 0 Å². The highest BCUT2D eigenvalue weighted by Crippen LogP contribution is 2.24. The van der Waals surface area contributed by atoms with Gasteiger partial charge in [-0.2, -0.15) is 0 Å². The number of likely N-dealkylation sites (N-methyl/N-ethyl adjacent to an activating group) is 1. The van der Waals surface area contributed by atoms with Crippen molar-refractivity contribution < 1.29 is 19.4 Å². The molecule has 0 aliphatic carbocycles.